The van der Waals surface area contributed by atoms with Crippen LogP contribution in [0, 0.1) is 0 Å². The van der Waals surface area contributed by atoms with Gasteiger partial charge in [-0.05, 0) is 24.8 Å². The molecule has 0 spiro atoms. The molecular weight excluding hydrogens is 248 g/mol. The number of fused-ring (bicyclic) bond motifs is 1. The highest BCUT2D eigenvalue weighted by Crippen LogP contribution is 2.25. The molecule has 2 aromatic rings. The third-order valence-corrected chi connectivity index (χ3v) is 3.45. The zero-order chi connectivity index (χ0) is 13.0. The zero-order valence-corrected chi connectivity index (χ0v) is 11.3. The van der Waals surface area contributed by atoms with Gasteiger partial charge < -0.3 is 10.6 Å². The van der Waals surface area contributed by atoms with Gasteiger partial charge in [0, 0.05) is 6.54 Å². The van der Waals surface area contributed by atoms with Gasteiger partial charge >= 0.3 is 0 Å². The topological polar surface area (TPSA) is 66.9 Å². The number of hydrogen-bond donors (Lipinski definition) is 2. The second-order valence-electron chi connectivity index (χ2n) is 4.01. The molecule has 1 atom stereocenters. The molecule has 2 N–H and O–H groups in total. The molecule has 0 bridgehead atoms. The average Bonchev–Trinajstić information content (AvgIpc) is 2.85. The molecular formula is C12H16N4OS. The minimum atomic E-state index is -0.309. The quantitative estimate of drug-likeness (QED) is 0.867. The number of thiophene rings is 1. The molecule has 0 aromatic carbocycles. The lowest BCUT2D eigenvalue weighted by molar-refractivity contribution is -0.121. The highest BCUT2D eigenvalue weighted by molar-refractivity contribution is 7.17. The van der Waals surface area contributed by atoms with Crippen LogP contribution in [0.3, 0.4) is 0 Å². The molecule has 0 aliphatic heterocycles. The highest BCUT2D eigenvalue weighted by Gasteiger charge is 2.14. The minimum Gasteiger partial charge on any atom is -0.357 e. The molecule has 2 heterocycles. The SMILES string of the molecule is CCCNC(=O)C(C)Nc1ncnc2ccsc12. The summed E-state index contributed by atoms with van der Waals surface area (Å²) in [6.07, 6.45) is 2.44. The van der Waals surface area contributed by atoms with Crippen molar-refractivity contribution in [3.8, 4) is 0 Å². The summed E-state index contributed by atoms with van der Waals surface area (Å²) in [6, 6.07) is 1.63. The maximum absolute atomic E-state index is 11.8. The van der Waals surface area contributed by atoms with Gasteiger partial charge in [0.2, 0.25) is 5.91 Å². The Morgan fingerprint density at radius 1 is 1.50 bits per heavy atom. The fourth-order valence-electron chi connectivity index (χ4n) is 1.56. The lowest BCUT2D eigenvalue weighted by Crippen LogP contribution is -2.38. The number of aromatic nitrogens is 2. The Morgan fingerprint density at radius 3 is 3.11 bits per heavy atom. The lowest BCUT2D eigenvalue weighted by atomic mass is 10.3. The van der Waals surface area contributed by atoms with Gasteiger partial charge in [-0.1, -0.05) is 6.92 Å². The van der Waals surface area contributed by atoms with Crippen molar-refractivity contribution in [1.82, 2.24) is 15.3 Å². The summed E-state index contributed by atoms with van der Waals surface area (Å²) >= 11 is 1.57. The van der Waals surface area contributed by atoms with Crippen LogP contribution in [0.4, 0.5) is 5.82 Å². The van der Waals surface area contributed by atoms with E-state index in [9.17, 15) is 4.79 Å². The molecule has 0 aliphatic rings. The van der Waals surface area contributed by atoms with Gasteiger partial charge in [0.15, 0.2) is 0 Å². The Balaban J connectivity index is 2.09. The summed E-state index contributed by atoms with van der Waals surface area (Å²) < 4.78 is 0.979. The van der Waals surface area contributed by atoms with Gasteiger partial charge in [0.05, 0.1) is 10.2 Å². The second kappa shape index (κ2) is 5.77. The Kier molecular flexibility index (Phi) is 4.09. The van der Waals surface area contributed by atoms with Crippen molar-refractivity contribution in [1.29, 1.82) is 0 Å². The van der Waals surface area contributed by atoms with E-state index in [1.165, 1.54) is 6.33 Å². The van der Waals surface area contributed by atoms with E-state index in [1.807, 2.05) is 25.3 Å². The monoisotopic (exact) mass is 264 g/mol. The number of amides is 1. The number of nitrogens with one attached hydrogen (secondary N) is 2. The van der Waals surface area contributed by atoms with Crippen molar-refractivity contribution in [2.45, 2.75) is 26.3 Å². The maximum atomic E-state index is 11.8. The molecule has 2 aromatic heterocycles. The molecule has 1 unspecified atom stereocenters. The number of carbonyl (C=O) groups is 1. The first-order valence-corrected chi connectivity index (χ1v) is 6.82. The van der Waals surface area contributed by atoms with Gasteiger partial charge in [-0.15, -0.1) is 11.3 Å². The molecule has 18 heavy (non-hydrogen) atoms. The van der Waals surface area contributed by atoms with Gasteiger partial charge in [-0.3, -0.25) is 4.79 Å². The first-order chi connectivity index (χ1) is 8.72. The van der Waals surface area contributed by atoms with E-state index < -0.39 is 0 Å². The summed E-state index contributed by atoms with van der Waals surface area (Å²) in [5, 5.41) is 7.94. The van der Waals surface area contributed by atoms with Crippen LogP contribution in [0.25, 0.3) is 10.2 Å². The number of nitrogens with zero attached hydrogens (tertiary/aromatic N) is 2. The molecule has 2 rings (SSSR count). The van der Waals surface area contributed by atoms with Crippen LogP contribution in [0.5, 0.6) is 0 Å². The molecule has 0 aliphatic carbocycles. The van der Waals surface area contributed by atoms with Crippen molar-refractivity contribution in [2.24, 2.45) is 0 Å². The Bertz CT molecular complexity index is 540. The number of rotatable bonds is 5. The van der Waals surface area contributed by atoms with E-state index in [0.29, 0.717) is 12.4 Å². The fourth-order valence-corrected chi connectivity index (χ4v) is 2.36. The minimum absolute atomic E-state index is 0.0137. The van der Waals surface area contributed by atoms with Crippen molar-refractivity contribution >= 4 is 33.3 Å². The van der Waals surface area contributed by atoms with Crippen LogP contribution < -0.4 is 10.6 Å². The van der Waals surface area contributed by atoms with E-state index in [0.717, 1.165) is 16.6 Å². The van der Waals surface area contributed by atoms with E-state index >= 15 is 0 Å². The van der Waals surface area contributed by atoms with Crippen molar-refractivity contribution in [3.05, 3.63) is 17.8 Å². The molecule has 1 amide bonds. The van der Waals surface area contributed by atoms with Crippen LogP contribution in [-0.4, -0.2) is 28.5 Å². The van der Waals surface area contributed by atoms with E-state index in [2.05, 4.69) is 20.6 Å². The molecule has 5 nitrogen and oxygen atoms in total. The zero-order valence-electron chi connectivity index (χ0n) is 10.4. The summed E-state index contributed by atoms with van der Waals surface area (Å²) in [5.74, 6) is 0.703. The third-order valence-electron chi connectivity index (χ3n) is 2.54. The lowest BCUT2D eigenvalue weighted by Gasteiger charge is -2.14. The number of hydrogen-bond acceptors (Lipinski definition) is 5. The molecule has 0 radical (unpaired) electrons. The molecule has 96 valence electrons. The van der Waals surface area contributed by atoms with E-state index in [1.54, 1.807) is 11.3 Å². The van der Waals surface area contributed by atoms with Gasteiger partial charge in [-0.2, -0.15) is 0 Å². The van der Waals surface area contributed by atoms with Gasteiger partial charge in [0.25, 0.3) is 0 Å². The van der Waals surface area contributed by atoms with Crippen LogP contribution in [0.1, 0.15) is 20.3 Å². The van der Waals surface area contributed by atoms with Crippen LogP contribution in [0.2, 0.25) is 0 Å². The smallest absolute Gasteiger partial charge is 0.242 e. The van der Waals surface area contributed by atoms with Gasteiger partial charge in [-0.25, -0.2) is 9.97 Å². The number of anilines is 1. The van der Waals surface area contributed by atoms with E-state index in [-0.39, 0.29) is 11.9 Å². The fraction of sp³-hybridized carbons (Fsp3) is 0.417. The summed E-state index contributed by atoms with van der Waals surface area (Å²) in [7, 11) is 0. The summed E-state index contributed by atoms with van der Waals surface area (Å²) in [4.78, 5) is 20.1. The largest absolute Gasteiger partial charge is 0.357 e. The van der Waals surface area contributed by atoms with Gasteiger partial charge in [0.1, 0.15) is 18.2 Å². The number of carbonyl (C=O) groups excluding carboxylic acids is 1. The standard InChI is InChI=1S/C12H16N4OS/c1-3-5-13-12(17)8(2)16-11-10-9(4-6-18-10)14-7-15-11/h4,6-8H,3,5H2,1-2H3,(H,13,17)(H,14,15,16). The van der Waals surface area contributed by atoms with Crippen LogP contribution in [-0.2, 0) is 4.79 Å². The molecule has 0 saturated heterocycles. The maximum Gasteiger partial charge on any atom is 0.242 e. The van der Waals surface area contributed by atoms with Crippen LogP contribution in [0.15, 0.2) is 17.8 Å². The Labute approximate surface area is 110 Å². The first-order valence-electron chi connectivity index (χ1n) is 5.94. The predicted octanol–water partition coefficient (Wildman–Crippen LogP) is 2.02. The normalized spacial score (nSPS) is 12.3. The molecule has 0 fully saturated rings. The second-order valence-corrected chi connectivity index (χ2v) is 4.93. The van der Waals surface area contributed by atoms with Crippen molar-refractivity contribution in [2.75, 3.05) is 11.9 Å². The Morgan fingerprint density at radius 2 is 2.33 bits per heavy atom. The predicted molar refractivity (Wildman–Crippen MR) is 73.8 cm³/mol. The third kappa shape index (κ3) is 2.76. The molecule has 6 heteroatoms. The van der Waals surface area contributed by atoms with Crippen molar-refractivity contribution in [3.63, 3.8) is 0 Å². The molecule has 0 saturated carbocycles. The van der Waals surface area contributed by atoms with Crippen molar-refractivity contribution < 1.29 is 4.79 Å². The van der Waals surface area contributed by atoms with Crippen LogP contribution >= 0.6 is 11.3 Å². The first kappa shape index (κ1) is 12.8. The average molecular weight is 264 g/mol. The van der Waals surface area contributed by atoms with E-state index in [4.69, 9.17) is 0 Å². The summed E-state index contributed by atoms with van der Waals surface area (Å²) in [6.45, 7) is 4.55. The highest BCUT2D eigenvalue weighted by atomic mass is 32.1. The Hall–Kier alpha value is -1.69. The summed E-state index contributed by atoms with van der Waals surface area (Å²) in [5.41, 5.74) is 0.902.